The van der Waals surface area contributed by atoms with E-state index in [1.807, 2.05) is 19.9 Å². The maximum Gasteiger partial charge on any atom is 0.188 e. The minimum absolute atomic E-state index is 0.181. The average Bonchev–Trinajstić information content (AvgIpc) is 2.50. The number of thioether (sulfide) groups is 1. The molecule has 0 bridgehead atoms. The van der Waals surface area contributed by atoms with Crippen LogP contribution in [0.2, 0.25) is 0 Å². The number of nitrogens with zero attached hydrogens (tertiary/aromatic N) is 2. The summed E-state index contributed by atoms with van der Waals surface area (Å²) < 4.78 is 0. The zero-order valence-corrected chi connectivity index (χ0v) is 9.92. The van der Waals surface area contributed by atoms with Gasteiger partial charge < -0.3 is 5.11 Å². The van der Waals surface area contributed by atoms with Gasteiger partial charge in [0.2, 0.25) is 0 Å². The monoisotopic (exact) mass is 224 g/mol. The molecule has 0 aromatic carbocycles. The Morgan fingerprint density at radius 3 is 2.47 bits per heavy atom. The van der Waals surface area contributed by atoms with E-state index >= 15 is 0 Å². The fourth-order valence-corrected chi connectivity index (χ4v) is 3.17. The molecular formula is C11H16N2OS. The fraction of sp³-hybridized carbons (Fsp3) is 0.636. The first kappa shape index (κ1) is 10.9. The van der Waals surface area contributed by atoms with E-state index in [1.54, 1.807) is 11.8 Å². The fourth-order valence-electron chi connectivity index (χ4n) is 1.93. The zero-order valence-electron chi connectivity index (χ0n) is 9.10. The standard InChI is InChI=1S/C11H16N2OS/c1-7-6-8(2)13-11(12-7)15-10-5-3-4-9(10)14/h6,9-10,14H,3-5H2,1-2H3/t9-,10-/m0/s1. The molecule has 15 heavy (non-hydrogen) atoms. The molecule has 0 amide bonds. The van der Waals surface area contributed by atoms with Crippen LogP contribution in [0, 0.1) is 13.8 Å². The van der Waals surface area contributed by atoms with Crippen LogP contribution in [0.1, 0.15) is 30.7 Å². The lowest BCUT2D eigenvalue weighted by Crippen LogP contribution is -2.15. The maximum absolute atomic E-state index is 9.71. The molecular weight excluding hydrogens is 208 g/mol. The first-order valence-corrected chi connectivity index (χ1v) is 6.20. The Morgan fingerprint density at radius 2 is 1.93 bits per heavy atom. The molecule has 1 saturated carbocycles. The Kier molecular flexibility index (Phi) is 3.26. The summed E-state index contributed by atoms with van der Waals surface area (Å²) in [5.41, 5.74) is 2.00. The normalized spacial score (nSPS) is 25.8. The van der Waals surface area contributed by atoms with Gasteiger partial charge >= 0.3 is 0 Å². The predicted molar refractivity (Wildman–Crippen MR) is 61.0 cm³/mol. The van der Waals surface area contributed by atoms with E-state index in [-0.39, 0.29) is 11.4 Å². The lowest BCUT2D eigenvalue weighted by molar-refractivity contribution is 0.188. The molecule has 0 spiro atoms. The van der Waals surface area contributed by atoms with Gasteiger partial charge in [0.05, 0.1) is 6.10 Å². The maximum atomic E-state index is 9.71. The molecule has 82 valence electrons. The molecule has 0 unspecified atom stereocenters. The minimum atomic E-state index is -0.181. The van der Waals surface area contributed by atoms with E-state index in [0.29, 0.717) is 0 Å². The third-order valence-corrected chi connectivity index (χ3v) is 3.88. The molecule has 0 aliphatic heterocycles. The second-order valence-electron chi connectivity index (χ2n) is 4.09. The summed E-state index contributed by atoms with van der Waals surface area (Å²) in [5.74, 6) is 0. The number of hydrogen-bond acceptors (Lipinski definition) is 4. The van der Waals surface area contributed by atoms with E-state index in [4.69, 9.17) is 0 Å². The molecule has 1 fully saturated rings. The molecule has 2 atom stereocenters. The van der Waals surface area contributed by atoms with Gasteiger partial charge in [0.1, 0.15) is 0 Å². The topological polar surface area (TPSA) is 46.0 Å². The van der Waals surface area contributed by atoms with Crippen molar-refractivity contribution >= 4 is 11.8 Å². The summed E-state index contributed by atoms with van der Waals surface area (Å²) in [7, 11) is 0. The molecule has 1 heterocycles. The summed E-state index contributed by atoms with van der Waals surface area (Å²) in [6.45, 7) is 3.95. The van der Waals surface area contributed by atoms with Crippen LogP contribution in [0.3, 0.4) is 0 Å². The third-order valence-electron chi connectivity index (χ3n) is 2.64. The Balaban J connectivity index is 2.10. The van der Waals surface area contributed by atoms with Gasteiger partial charge in [-0.1, -0.05) is 11.8 Å². The zero-order chi connectivity index (χ0) is 10.8. The molecule has 4 heteroatoms. The highest BCUT2D eigenvalue weighted by Crippen LogP contribution is 2.33. The van der Waals surface area contributed by atoms with Crippen LogP contribution < -0.4 is 0 Å². The van der Waals surface area contributed by atoms with E-state index in [2.05, 4.69) is 9.97 Å². The van der Waals surface area contributed by atoms with E-state index in [0.717, 1.165) is 35.8 Å². The van der Waals surface area contributed by atoms with Crippen LogP contribution in [-0.2, 0) is 0 Å². The number of aryl methyl sites for hydroxylation is 2. The Hall–Kier alpha value is -0.610. The van der Waals surface area contributed by atoms with Crippen molar-refractivity contribution in [3.8, 4) is 0 Å². The van der Waals surface area contributed by atoms with Gasteiger partial charge in [-0.25, -0.2) is 9.97 Å². The molecule has 1 N–H and O–H groups in total. The van der Waals surface area contributed by atoms with Gasteiger partial charge in [0, 0.05) is 16.6 Å². The number of aromatic nitrogens is 2. The van der Waals surface area contributed by atoms with Crippen LogP contribution in [0.4, 0.5) is 0 Å². The first-order chi connectivity index (χ1) is 7.15. The van der Waals surface area contributed by atoms with Gasteiger partial charge in [-0.3, -0.25) is 0 Å². The largest absolute Gasteiger partial charge is 0.392 e. The highest BCUT2D eigenvalue weighted by Gasteiger charge is 2.26. The molecule has 3 nitrogen and oxygen atoms in total. The lowest BCUT2D eigenvalue weighted by atomic mass is 10.3. The second kappa shape index (κ2) is 4.49. The molecule has 1 aliphatic carbocycles. The Labute approximate surface area is 94.3 Å². The number of aliphatic hydroxyl groups is 1. The highest BCUT2D eigenvalue weighted by molar-refractivity contribution is 7.99. The van der Waals surface area contributed by atoms with E-state index < -0.39 is 0 Å². The third kappa shape index (κ3) is 2.69. The molecule has 0 radical (unpaired) electrons. The van der Waals surface area contributed by atoms with Crippen LogP contribution in [0.15, 0.2) is 11.2 Å². The second-order valence-corrected chi connectivity index (χ2v) is 5.29. The molecule has 0 saturated heterocycles. The van der Waals surface area contributed by atoms with Crippen LogP contribution in [0.5, 0.6) is 0 Å². The van der Waals surface area contributed by atoms with Gasteiger partial charge in [-0.05, 0) is 39.2 Å². The average molecular weight is 224 g/mol. The van der Waals surface area contributed by atoms with E-state index in [1.165, 1.54) is 0 Å². The minimum Gasteiger partial charge on any atom is -0.392 e. The van der Waals surface area contributed by atoms with Crippen LogP contribution in [-0.4, -0.2) is 26.4 Å². The number of hydrogen-bond donors (Lipinski definition) is 1. The number of rotatable bonds is 2. The molecule has 2 rings (SSSR count). The van der Waals surface area contributed by atoms with Crippen LogP contribution >= 0.6 is 11.8 Å². The van der Waals surface area contributed by atoms with Crippen LogP contribution in [0.25, 0.3) is 0 Å². The predicted octanol–water partition coefficient (Wildman–Crippen LogP) is 2.10. The van der Waals surface area contributed by atoms with Crippen molar-refractivity contribution < 1.29 is 5.11 Å². The van der Waals surface area contributed by atoms with Crippen molar-refractivity contribution in [3.63, 3.8) is 0 Å². The Morgan fingerprint density at radius 1 is 1.27 bits per heavy atom. The molecule has 1 aliphatic rings. The molecule has 1 aromatic rings. The van der Waals surface area contributed by atoms with Crippen molar-refractivity contribution in [3.05, 3.63) is 17.5 Å². The molecule has 1 aromatic heterocycles. The van der Waals surface area contributed by atoms with Gasteiger partial charge in [0.15, 0.2) is 5.16 Å². The van der Waals surface area contributed by atoms with Crippen molar-refractivity contribution in [2.45, 2.75) is 49.6 Å². The van der Waals surface area contributed by atoms with Crippen molar-refractivity contribution in [2.24, 2.45) is 0 Å². The van der Waals surface area contributed by atoms with Gasteiger partial charge in [0.25, 0.3) is 0 Å². The Bertz CT molecular complexity index is 336. The summed E-state index contributed by atoms with van der Waals surface area (Å²) in [5, 5.41) is 10.8. The number of aliphatic hydroxyl groups excluding tert-OH is 1. The van der Waals surface area contributed by atoms with Crippen molar-refractivity contribution in [1.82, 2.24) is 9.97 Å². The highest BCUT2D eigenvalue weighted by atomic mass is 32.2. The quantitative estimate of drug-likeness (QED) is 0.781. The summed E-state index contributed by atoms with van der Waals surface area (Å²) in [4.78, 5) is 8.75. The smallest absolute Gasteiger partial charge is 0.188 e. The first-order valence-electron chi connectivity index (χ1n) is 5.32. The summed E-state index contributed by atoms with van der Waals surface area (Å²) >= 11 is 1.62. The van der Waals surface area contributed by atoms with E-state index in [9.17, 15) is 5.11 Å². The SMILES string of the molecule is Cc1cc(C)nc(S[C@H]2CCC[C@@H]2O)n1. The van der Waals surface area contributed by atoms with Gasteiger partial charge in [-0.15, -0.1) is 0 Å². The van der Waals surface area contributed by atoms with Crippen molar-refractivity contribution in [2.75, 3.05) is 0 Å². The summed E-state index contributed by atoms with van der Waals surface area (Å²) in [6, 6.07) is 1.97. The van der Waals surface area contributed by atoms with Crippen molar-refractivity contribution in [1.29, 1.82) is 0 Å². The van der Waals surface area contributed by atoms with Gasteiger partial charge in [-0.2, -0.15) is 0 Å². The lowest BCUT2D eigenvalue weighted by Gasteiger charge is -2.12. The summed E-state index contributed by atoms with van der Waals surface area (Å²) in [6.07, 6.45) is 2.92.